The SMILES string of the molecule is COc1ccc2c(c1C)[C@]13CCN(C)C(C2)C1C=CC(O)C3C. The lowest BCUT2D eigenvalue weighted by atomic mass is 9.49. The number of rotatable bonds is 1. The molecule has 0 radical (unpaired) electrons. The van der Waals surface area contributed by atoms with Gasteiger partial charge in [-0.25, -0.2) is 0 Å². The molecule has 1 aromatic carbocycles. The Kier molecular flexibility index (Phi) is 3.37. The molecule has 1 aliphatic heterocycles. The van der Waals surface area contributed by atoms with Crippen molar-refractivity contribution >= 4 is 0 Å². The summed E-state index contributed by atoms with van der Waals surface area (Å²) in [5.74, 6) is 1.70. The van der Waals surface area contributed by atoms with Crippen LogP contribution >= 0.6 is 0 Å². The Morgan fingerprint density at radius 1 is 1.30 bits per heavy atom. The number of nitrogens with zero attached hydrogens (tertiary/aromatic N) is 1. The lowest BCUT2D eigenvalue weighted by Gasteiger charge is -2.60. The van der Waals surface area contributed by atoms with Crippen LogP contribution < -0.4 is 4.74 Å². The van der Waals surface area contributed by atoms with Crippen LogP contribution in [0, 0.1) is 18.8 Å². The van der Waals surface area contributed by atoms with Gasteiger partial charge in [-0.05, 0) is 62.0 Å². The van der Waals surface area contributed by atoms with E-state index in [4.69, 9.17) is 4.74 Å². The fourth-order valence-electron chi connectivity index (χ4n) is 5.66. The zero-order valence-electron chi connectivity index (χ0n) is 14.5. The number of hydrogen-bond donors (Lipinski definition) is 1. The van der Waals surface area contributed by atoms with Crippen molar-refractivity contribution in [2.45, 2.75) is 44.2 Å². The highest BCUT2D eigenvalue weighted by Crippen LogP contribution is 2.57. The molecule has 3 heteroatoms. The number of hydrogen-bond acceptors (Lipinski definition) is 3. The molecular weight excluding hydrogens is 286 g/mol. The largest absolute Gasteiger partial charge is 0.496 e. The van der Waals surface area contributed by atoms with E-state index in [0.717, 1.165) is 25.1 Å². The molecular formula is C20H27NO2. The zero-order chi connectivity index (χ0) is 16.4. The predicted octanol–water partition coefficient (Wildman–Crippen LogP) is 2.68. The van der Waals surface area contributed by atoms with Crippen LogP contribution in [0.1, 0.15) is 30.0 Å². The minimum absolute atomic E-state index is 0.0392. The molecule has 1 saturated heterocycles. The van der Waals surface area contributed by atoms with Gasteiger partial charge in [-0.3, -0.25) is 0 Å². The Balaban J connectivity index is 2.01. The van der Waals surface area contributed by atoms with Crippen LogP contribution in [0.4, 0.5) is 0 Å². The molecule has 1 N–H and O–H groups in total. The summed E-state index contributed by atoms with van der Waals surface area (Å²) in [6.45, 7) is 5.53. The fourth-order valence-corrected chi connectivity index (χ4v) is 5.66. The number of likely N-dealkylation sites (tertiary alicyclic amines) is 1. The second kappa shape index (κ2) is 5.09. The smallest absolute Gasteiger partial charge is 0.122 e. The normalized spacial score (nSPS) is 38.8. The molecule has 0 amide bonds. The Morgan fingerprint density at radius 2 is 2.09 bits per heavy atom. The lowest BCUT2D eigenvalue weighted by Crippen LogP contribution is -2.63. The van der Waals surface area contributed by atoms with E-state index in [1.54, 1.807) is 7.11 Å². The summed E-state index contributed by atoms with van der Waals surface area (Å²) in [5.41, 5.74) is 4.22. The molecule has 4 rings (SSSR count). The van der Waals surface area contributed by atoms with E-state index in [1.165, 1.54) is 16.7 Å². The Morgan fingerprint density at radius 3 is 2.83 bits per heavy atom. The van der Waals surface area contributed by atoms with Crippen molar-refractivity contribution in [3.8, 4) is 5.75 Å². The molecule has 3 aliphatic rings. The lowest BCUT2D eigenvalue weighted by molar-refractivity contribution is -0.0197. The monoisotopic (exact) mass is 313 g/mol. The highest BCUT2D eigenvalue weighted by Gasteiger charge is 2.57. The van der Waals surface area contributed by atoms with Crippen molar-refractivity contribution in [3.63, 3.8) is 0 Å². The van der Waals surface area contributed by atoms with Gasteiger partial charge in [0.1, 0.15) is 5.75 Å². The highest BCUT2D eigenvalue weighted by atomic mass is 16.5. The average molecular weight is 313 g/mol. The maximum atomic E-state index is 10.6. The molecule has 2 aliphatic carbocycles. The van der Waals surface area contributed by atoms with Crippen molar-refractivity contribution in [2.75, 3.05) is 20.7 Å². The third-order valence-corrected chi connectivity index (χ3v) is 6.91. The number of ether oxygens (including phenoxy) is 1. The van der Waals surface area contributed by atoms with Crippen LogP contribution in [0.5, 0.6) is 5.75 Å². The summed E-state index contributed by atoms with van der Waals surface area (Å²) in [4.78, 5) is 2.51. The maximum absolute atomic E-state index is 10.6. The van der Waals surface area contributed by atoms with Crippen molar-refractivity contribution in [1.29, 1.82) is 0 Å². The molecule has 2 bridgehead atoms. The molecule has 0 saturated carbocycles. The van der Waals surface area contributed by atoms with Crippen molar-refractivity contribution < 1.29 is 9.84 Å². The number of aliphatic hydroxyl groups excluding tert-OH is 1. The fraction of sp³-hybridized carbons (Fsp3) is 0.600. The molecule has 3 nitrogen and oxygen atoms in total. The Hall–Kier alpha value is -1.32. The zero-order valence-corrected chi connectivity index (χ0v) is 14.5. The topological polar surface area (TPSA) is 32.7 Å². The third-order valence-electron chi connectivity index (χ3n) is 6.91. The quantitative estimate of drug-likeness (QED) is 0.809. The van der Waals surface area contributed by atoms with E-state index in [0.29, 0.717) is 12.0 Å². The summed E-state index contributed by atoms with van der Waals surface area (Å²) in [6, 6.07) is 4.90. The van der Waals surface area contributed by atoms with Gasteiger partial charge in [0.2, 0.25) is 0 Å². The van der Waals surface area contributed by atoms with Gasteiger partial charge in [0.15, 0.2) is 0 Å². The van der Waals surface area contributed by atoms with Crippen LogP contribution in [-0.4, -0.2) is 42.9 Å². The van der Waals surface area contributed by atoms with Crippen LogP contribution in [0.15, 0.2) is 24.3 Å². The first-order valence-corrected chi connectivity index (χ1v) is 8.74. The van der Waals surface area contributed by atoms with Gasteiger partial charge in [0, 0.05) is 17.4 Å². The van der Waals surface area contributed by atoms with Crippen LogP contribution in [-0.2, 0) is 11.8 Å². The number of methoxy groups -OCH3 is 1. The molecule has 4 unspecified atom stereocenters. The van der Waals surface area contributed by atoms with Gasteiger partial charge >= 0.3 is 0 Å². The molecule has 0 aromatic heterocycles. The molecule has 1 heterocycles. The van der Waals surface area contributed by atoms with Gasteiger partial charge in [-0.2, -0.15) is 0 Å². The first-order chi connectivity index (χ1) is 11.0. The van der Waals surface area contributed by atoms with Crippen LogP contribution in [0.25, 0.3) is 0 Å². The minimum Gasteiger partial charge on any atom is -0.496 e. The summed E-state index contributed by atoms with van der Waals surface area (Å²) >= 11 is 0. The predicted molar refractivity (Wildman–Crippen MR) is 91.9 cm³/mol. The average Bonchev–Trinajstić information content (AvgIpc) is 2.54. The number of likely N-dealkylation sites (N-methyl/N-ethyl adjacent to an activating group) is 1. The Labute approximate surface area is 139 Å². The van der Waals surface area contributed by atoms with Gasteiger partial charge in [0.25, 0.3) is 0 Å². The first kappa shape index (κ1) is 15.2. The van der Waals surface area contributed by atoms with E-state index in [1.807, 2.05) is 6.08 Å². The molecule has 1 fully saturated rings. The molecule has 23 heavy (non-hydrogen) atoms. The molecule has 5 atom stereocenters. The van der Waals surface area contributed by atoms with Crippen LogP contribution in [0.3, 0.4) is 0 Å². The second-order valence-electron chi connectivity index (χ2n) is 7.66. The number of fused-ring (bicyclic) bond motifs is 1. The third kappa shape index (κ3) is 1.84. The van der Waals surface area contributed by atoms with E-state index in [2.05, 4.69) is 44.0 Å². The van der Waals surface area contributed by atoms with E-state index in [-0.39, 0.29) is 17.4 Å². The van der Waals surface area contributed by atoms with Gasteiger partial charge in [0.05, 0.1) is 13.2 Å². The van der Waals surface area contributed by atoms with Gasteiger partial charge in [-0.15, -0.1) is 0 Å². The number of aliphatic hydroxyl groups is 1. The van der Waals surface area contributed by atoms with Gasteiger partial charge < -0.3 is 14.7 Å². The summed E-state index contributed by atoms with van der Waals surface area (Å²) in [7, 11) is 4.00. The summed E-state index contributed by atoms with van der Waals surface area (Å²) < 4.78 is 5.62. The van der Waals surface area contributed by atoms with E-state index in [9.17, 15) is 5.11 Å². The number of piperidine rings is 1. The van der Waals surface area contributed by atoms with Crippen molar-refractivity contribution in [3.05, 3.63) is 41.0 Å². The van der Waals surface area contributed by atoms with Crippen LogP contribution in [0.2, 0.25) is 0 Å². The van der Waals surface area contributed by atoms with Crippen molar-refractivity contribution in [2.24, 2.45) is 11.8 Å². The summed E-state index contributed by atoms with van der Waals surface area (Å²) in [5, 5.41) is 10.6. The second-order valence-corrected chi connectivity index (χ2v) is 7.66. The van der Waals surface area contributed by atoms with E-state index >= 15 is 0 Å². The molecule has 0 spiro atoms. The van der Waals surface area contributed by atoms with E-state index < -0.39 is 0 Å². The summed E-state index contributed by atoms with van der Waals surface area (Å²) in [6.07, 6.45) is 6.17. The Bertz CT molecular complexity index is 668. The van der Waals surface area contributed by atoms with Crippen molar-refractivity contribution in [1.82, 2.24) is 4.90 Å². The number of benzene rings is 1. The van der Waals surface area contributed by atoms with Gasteiger partial charge in [-0.1, -0.05) is 25.1 Å². The standard InChI is InChI=1S/C20H27NO2/c1-12-18(23-4)8-5-14-11-16-15-6-7-17(22)13(2)20(15,19(12)14)9-10-21(16)3/h5-8,13,15-17,22H,9-11H2,1-4H3/t13?,15?,16?,17?,20-/m0/s1. The molecule has 124 valence electrons. The molecule has 1 aromatic rings. The highest BCUT2D eigenvalue weighted by molar-refractivity contribution is 5.53. The first-order valence-electron chi connectivity index (χ1n) is 8.74. The minimum atomic E-state index is -0.355. The maximum Gasteiger partial charge on any atom is 0.122 e.